The molecule has 5 heteroatoms. The van der Waals surface area contributed by atoms with Crippen molar-refractivity contribution in [3.8, 4) is 11.5 Å². The Morgan fingerprint density at radius 3 is 2.33 bits per heavy atom. The molecule has 0 aliphatic carbocycles. The van der Waals surface area contributed by atoms with E-state index in [2.05, 4.69) is 24.1 Å². The molecule has 0 saturated carbocycles. The number of nitrogens with one attached hydrogen (secondary N) is 1. The topological polar surface area (TPSA) is 33.7 Å². The van der Waals surface area contributed by atoms with Crippen molar-refractivity contribution < 1.29 is 9.47 Å². The lowest BCUT2D eigenvalue weighted by atomic mass is 9.98. The summed E-state index contributed by atoms with van der Waals surface area (Å²) in [4.78, 5) is 2.30. The summed E-state index contributed by atoms with van der Waals surface area (Å²) in [5, 5.41) is 4.10. The number of hydrogen-bond acceptors (Lipinski definition) is 3. The highest BCUT2D eigenvalue weighted by Crippen LogP contribution is 2.30. The van der Waals surface area contributed by atoms with Crippen LogP contribution < -0.4 is 14.8 Å². The molecule has 21 heavy (non-hydrogen) atoms. The molecule has 0 spiro atoms. The number of methoxy groups -OCH3 is 2. The first-order valence-corrected chi connectivity index (χ1v) is 7.79. The Kier molecular flexibility index (Phi) is 5.28. The second-order valence-electron chi connectivity index (χ2n) is 5.54. The van der Waals surface area contributed by atoms with Gasteiger partial charge in [-0.2, -0.15) is 0 Å². The van der Waals surface area contributed by atoms with Crippen molar-refractivity contribution in [2.75, 3.05) is 19.5 Å². The van der Waals surface area contributed by atoms with Crippen LogP contribution in [0.15, 0.2) is 18.2 Å². The van der Waals surface area contributed by atoms with E-state index < -0.39 is 0 Å². The fourth-order valence-corrected chi connectivity index (χ4v) is 3.40. The summed E-state index contributed by atoms with van der Waals surface area (Å²) < 4.78 is 10.6. The van der Waals surface area contributed by atoms with E-state index in [-0.39, 0.29) is 0 Å². The Bertz CT molecular complexity index is 497. The average Bonchev–Trinajstić information content (AvgIpc) is 2.46. The lowest BCUT2D eigenvalue weighted by Gasteiger charge is -2.40. The smallest absolute Gasteiger partial charge is 0.173 e. The minimum atomic E-state index is 0.480. The molecule has 0 amide bonds. The summed E-state index contributed by atoms with van der Waals surface area (Å²) in [7, 11) is 3.27. The number of thiocarbonyl (C=S) groups is 1. The van der Waals surface area contributed by atoms with E-state index in [0.717, 1.165) is 10.8 Å². The van der Waals surface area contributed by atoms with Crippen LogP contribution in [0.4, 0.5) is 5.69 Å². The van der Waals surface area contributed by atoms with Crippen molar-refractivity contribution in [2.24, 2.45) is 0 Å². The van der Waals surface area contributed by atoms with Crippen molar-refractivity contribution >= 4 is 23.0 Å². The fourth-order valence-electron chi connectivity index (χ4n) is 2.92. The number of benzene rings is 1. The molecule has 4 nitrogen and oxygen atoms in total. The first-order valence-electron chi connectivity index (χ1n) is 7.38. The number of hydrogen-bond donors (Lipinski definition) is 1. The highest BCUT2D eigenvalue weighted by Gasteiger charge is 2.26. The van der Waals surface area contributed by atoms with Gasteiger partial charge in [-0.25, -0.2) is 0 Å². The maximum absolute atomic E-state index is 5.59. The average molecular weight is 308 g/mol. The van der Waals surface area contributed by atoms with Crippen molar-refractivity contribution in [3.63, 3.8) is 0 Å². The van der Waals surface area contributed by atoms with Crippen molar-refractivity contribution in [1.82, 2.24) is 4.90 Å². The van der Waals surface area contributed by atoms with Gasteiger partial charge in [-0.05, 0) is 57.5 Å². The van der Waals surface area contributed by atoms with Crippen LogP contribution in [0.2, 0.25) is 0 Å². The zero-order chi connectivity index (χ0) is 15.4. The monoisotopic (exact) mass is 308 g/mol. The van der Waals surface area contributed by atoms with Gasteiger partial charge in [0.2, 0.25) is 0 Å². The Morgan fingerprint density at radius 1 is 1.14 bits per heavy atom. The molecular formula is C16H24N2O2S. The highest BCUT2D eigenvalue weighted by molar-refractivity contribution is 7.80. The van der Waals surface area contributed by atoms with Crippen molar-refractivity contribution in [2.45, 2.75) is 45.2 Å². The highest BCUT2D eigenvalue weighted by atomic mass is 32.1. The molecule has 2 unspecified atom stereocenters. The molecule has 1 heterocycles. The Morgan fingerprint density at radius 2 is 1.76 bits per heavy atom. The third kappa shape index (κ3) is 3.59. The molecule has 1 aliphatic heterocycles. The predicted octanol–water partition coefficient (Wildman–Crippen LogP) is 3.66. The first-order chi connectivity index (χ1) is 10.1. The Hall–Kier alpha value is -1.49. The molecule has 0 bridgehead atoms. The van der Waals surface area contributed by atoms with Crippen LogP contribution in [0.25, 0.3) is 0 Å². The second-order valence-corrected chi connectivity index (χ2v) is 5.92. The van der Waals surface area contributed by atoms with Crippen LogP contribution in [0.1, 0.15) is 33.1 Å². The molecule has 1 N–H and O–H groups in total. The zero-order valence-electron chi connectivity index (χ0n) is 13.2. The van der Waals surface area contributed by atoms with E-state index >= 15 is 0 Å². The molecule has 1 aromatic rings. The van der Waals surface area contributed by atoms with E-state index in [9.17, 15) is 0 Å². The largest absolute Gasteiger partial charge is 0.493 e. The van der Waals surface area contributed by atoms with Gasteiger partial charge in [-0.1, -0.05) is 0 Å². The number of piperidine rings is 1. The molecule has 2 atom stereocenters. The number of rotatable bonds is 3. The van der Waals surface area contributed by atoms with E-state index in [4.69, 9.17) is 21.7 Å². The quantitative estimate of drug-likeness (QED) is 0.862. The maximum atomic E-state index is 5.59. The summed E-state index contributed by atoms with van der Waals surface area (Å²) >= 11 is 5.59. The van der Waals surface area contributed by atoms with Gasteiger partial charge in [-0.3, -0.25) is 0 Å². The molecule has 2 rings (SSSR count). The molecule has 1 fully saturated rings. The van der Waals surface area contributed by atoms with Crippen LogP contribution in [-0.2, 0) is 0 Å². The minimum absolute atomic E-state index is 0.480. The molecule has 0 radical (unpaired) electrons. The first kappa shape index (κ1) is 15.9. The lowest BCUT2D eigenvalue weighted by molar-refractivity contribution is 0.194. The van der Waals surface area contributed by atoms with Crippen LogP contribution in [0.3, 0.4) is 0 Å². The van der Waals surface area contributed by atoms with Crippen LogP contribution in [-0.4, -0.2) is 36.3 Å². The van der Waals surface area contributed by atoms with Crippen molar-refractivity contribution in [1.29, 1.82) is 0 Å². The summed E-state index contributed by atoms with van der Waals surface area (Å²) in [5.41, 5.74) is 0.919. The summed E-state index contributed by atoms with van der Waals surface area (Å²) in [6, 6.07) is 6.70. The van der Waals surface area contributed by atoms with E-state index in [0.29, 0.717) is 23.6 Å². The van der Waals surface area contributed by atoms with Crippen LogP contribution in [0, 0.1) is 0 Å². The molecular weight excluding hydrogens is 284 g/mol. The minimum Gasteiger partial charge on any atom is -0.493 e. The number of likely N-dealkylation sites (tertiary alicyclic amines) is 1. The Labute approximate surface area is 132 Å². The number of nitrogens with zero attached hydrogens (tertiary/aromatic N) is 1. The standard InChI is InChI=1S/C16H24N2O2S/c1-11-6-5-7-12(2)18(11)16(21)17-13-8-9-14(19-3)15(10-13)20-4/h8-12H,5-7H2,1-4H3,(H,17,21). The molecule has 1 aromatic carbocycles. The second kappa shape index (κ2) is 6.98. The number of anilines is 1. The lowest BCUT2D eigenvalue weighted by Crippen LogP contribution is -2.49. The van der Waals surface area contributed by atoms with Gasteiger partial charge in [0.25, 0.3) is 0 Å². The molecule has 0 aromatic heterocycles. The SMILES string of the molecule is COc1ccc(NC(=S)N2C(C)CCCC2C)cc1OC. The van der Waals surface area contributed by atoms with Gasteiger partial charge >= 0.3 is 0 Å². The molecule has 1 saturated heterocycles. The fraction of sp³-hybridized carbons (Fsp3) is 0.562. The number of ether oxygens (including phenoxy) is 2. The van der Waals surface area contributed by atoms with E-state index in [1.54, 1.807) is 14.2 Å². The normalized spacial score (nSPS) is 21.8. The van der Waals surface area contributed by atoms with Gasteiger partial charge < -0.3 is 19.7 Å². The van der Waals surface area contributed by atoms with Gasteiger partial charge in [0.1, 0.15) is 0 Å². The van der Waals surface area contributed by atoms with Crippen LogP contribution in [0.5, 0.6) is 11.5 Å². The van der Waals surface area contributed by atoms with Gasteiger partial charge in [0.15, 0.2) is 16.6 Å². The maximum Gasteiger partial charge on any atom is 0.173 e. The van der Waals surface area contributed by atoms with Gasteiger partial charge in [0, 0.05) is 23.8 Å². The van der Waals surface area contributed by atoms with Crippen molar-refractivity contribution in [3.05, 3.63) is 18.2 Å². The zero-order valence-corrected chi connectivity index (χ0v) is 14.0. The van der Waals surface area contributed by atoms with E-state index in [1.807, 2.05) is 18.2 Å². The summed E-state index contributed by atoms with van der Waals surface area (Å²) in [5.74, 6) is 1.42. The third-order valence-electron chi connectivity index (χ3n) is 4.06. The summed E-state index contributed by atoms with van der Waals surface area (Å²) in [6.45, 7) is 4.47. The Balaban J connectivity index is 2.11. The van der Waals surface area contributed by atoms with Crippen LogP contribution >= 0.6 is 12.2 Å². The molecule has 1 aliphatic rings. The third-order valence-corrected chi connectivity index (χ3v) is 4.38. The predicted molar refractivity (Wildman–Crippen MR) is 90.4 cm³/mol. The van der Waals surface area contributed by atoms with Gasteiger partial charge in [-0.15, -0.1) is 0 Å². The van der Waals surface area contributed by atoms with E-state index in [1.165, 1.54) is 19.3 Å². The molecule has 116 valence electrons. The van der Waals surface area contributed by atoms with Gasteiger partial charge in [0.05, 0.1) is 14.2 Å². The summed E-state index contributed by atoms with van der Waals surface area (Å²) in [6.07, 6.45) is 3.66.